The van der Waals surface area contributed by atoms with E-state index in [0.717, 1.165) is 0 Å². The molecule has 3 unspecified atom stereocenters. The van der Waals surface area contributed by atoms with Gasteiger partial charge in [0.25, 0.3) is 0 Å². The van der Waals surface area contributed by atoms with Gasteiger partial charge in [0.1, 0.15) is 42.8 Å². The van der Waals surface area contributed by atoms with E-state index in [0.29, 0.717) is 19.1 Å². The van der Waals surface area contributed by atoms with Crippen LogP contribution in [-0.2, 0) is 28.6 Å². The molecule has 2 bridgehead atoms. The summed E-state index contributed by atoms with van der Waals surface area (Å²) in [5.41, 5.74) is 0. The Kier molecular flexibility index (Phi) is 8.78. The number of aliphatic hydroxyl groups is 4. The van der Waals surface area contributed by atoms with Crippen LogP contribution in [0.5, 0.6) is 0 Å². The molecule has 4 fully saturated rings. The zero-order chi connectivity index (χ0) is 24.3. The molecule has 33 heavy (non-hydrogen) atoms. The molecule has 0 aromatic heterocycles. The van der Waals surface area contributed by atoms with Crippen molar-refractivity contribution in [1.82, 2.24) is 10.6 Å². The van der Waals surface area contributed by atoms with Crippen LogP contribution in [0.2, 0.25) is 0 Å². The van der Waals surface area contributed by atoms with Crippen molar-refractivity contribution in [2.75, 3.05) is 6.61 Å². The molecular formula is C21H34N2O10. The molecule has 1 saturated carbocycles. The second-order valence-electron chi connectivity index (χ2n) is 8.99. The van der Waals surface area contributed by atoms with Crippen molar-refractivity contribution in [3.05, 3.63) is 0 Å². The molecule has 0 spiro atoms. The minimum atomic E-state index is -1.60. The number of carbonyl (C=O) groups excluding carboxylic acids is 3. The summed E-state index contributed by atoms with van der Waals surface area (Å²) in [4.78, 5) is 36.9. The summed E-state index contributed by atoms with van der Waals surface area (Å²) in [7, 11) is 0. The number of hydrogen-bond acceptors (Lipinski definition) is 11. The Hall–Kier alpha value is -1.67. The summed E-state index contributed by atoms with van der Waals surface area (Å²) in [5, 5.41) is 46.7. The maximum absolute atomic E-state index is 13.0. The second-order valence-corrected chi connectivity index (χ2v) is 8.99. The number of esters is 1. The quantitative estimate of drug-likeness (QED) is 0.134. The first kappa shape index (κ1) is 25.9. The fourth-order valence-electron chi connectivity index (χ4n) is 4.43. The lowest BCUT2D eigenvalue weighted by Crippen LogP contribution is -2.63. The zero-order valence-corrected chi connectivity index (χ0v) is 18.7. The van der Waals surface area contributed by atoms with E-state index in [1.165, 1.54) is 0 Å². The van der Waals surface area contributed by atoms with E-state index in [4.69, 9.17) is 14.2 Å². The number of amides is 1. The van der Waals surface area contributed by atoms with Crippen molar-refractivity contribution < 1.29 is 49.0 Å². The molecule has 0 aromatic carbocycles. The molecule has 1 aliphatic carbocycles. The van der Waals surface area contributed by atoms with Crippen LogP contribution in [-0.4, -0.2) is 106 Å². The van der Waals surface area contributed by atoms with Gasteiger partial charge in [-0.15, -0.1) is 0 Å². The molecule has 12 heteroatoms. The van der Waals surface area contributed by atoms with Crippen LogP contribution in [0.1, 0.15) is 39.5 Å². The highest BCUT2D eigenvalue weighted by Gasteiger charge is 2.48. The molecule has 12 nitrogen and oxygen atoms in total. The number of carbonyl (C=O) groups is 3. The highest BCUT2D eigenvalue weighted by atomic mass is 16.7. The molecule has 6 N–H and O–H groups in total. The van der Waals surface area contributed by atoms with Crippen LogP contribution in [0.25, 0.3) is 0 Å². The number of hydrogen-bond donors (Lipinski definition) is 6. The molecule has 3 aliphatic heterocycles. The SMILES string of the molecule is CCC(C)C1N[C@@H]2CC[C@H](OC(=O)C(CC=O)NC1=O)[C@H](O[C@@H]1OC[C@@H](O)[C@H](O)[C@@H]1O)[C@@H]2O. The third-order valence-corrected chi connectivity index (χ3v) is 6.71. The van der Waals surface area contributed by atoms with Gasteiger partial charge in [-0.2, -0.15) is 0 Å². The minimum Gasteiger partial charge on any atom is -0.458 e. The fourth-order valence-corrected chi connectivity index (χ4v) is 4.43. The van der Waals surface area contributed by atoms with Gasteiger partial charge >= 0.3 is 5.97 Å². The predicted molar refractivity (Wildman–Crippen MR) is 111 cm³/mol. The van der Waals surface area contributed by atoms with Crippen LogP contribution < -0.4 is 10.6 Å². The Balaban J connectivity index is 1.89. The Labute approximate surface area is 191 Å². The van der Waals surface area contributed by atoms with E-state index >= 15 is 0 Å². The molecule has 11 atom stereocenters. The summed E-state index contributed by atoms with van der Waals surface area (Å²) < 4.78 is 16.6. The third kappa shape index (κ3) is 5.70. The highest BCUT2D eigenvalue weighted by molar-refractivity contribution is 5.89. The molecule has 4 aliphatic rings. The number of fused-ring (bicyclic) bond motifs is 8. The number of aliphatic hydroxyl groups excluding tert-OH is 4. The molecular weight excluding hydrogens is 440 g/mol. The summed E-state index contributed by atoms with van der Waals surface area (Å²) >= 11 is 0. The number of ether oxygens (including phenoxy) is 3. The number of aldehydes is 1. The lowest BCUT2D eigenvalue weighted by molar-refractivity contribution is -0.304. The van der Waals surface area contributed by atoms with E-state index in [9.17, 15) is 34.8 Å². The Bertz CT molecular complexity index is 709. The largest absolute Gasteiger partial charge is 0.458 e. The highest BCUT2D eigenvalue weighted by Crippen LogP contribution is 2.30. The van der Waals surface area contributed by atoms with Crippen LogP contribution in [0.3, 0.4) is 0 Å². The Morgan fingerprint density at radius 1 is 1.15 bits per heavy atom. The van der Waals surface area contributed by atoms with Gasteiger partial charge in [0.05, 0.1) is 18.8 Å². The molecule has 0 aromatic rings. The zero-order valence-electron chi connectivity index (χ0n) is 18.7. The van der Waals surface area contributed by atoms with Gasteiger partial charge in [-0.3, -0.25) is 4.79 Å². The maximum Gasteiger partial charge on any atom is 0.329 e. The summed E-state index contributed by atoms with van der Waals surface area (Å²) in [6, 6.07) is -2.55. The average Bonchev–Trinajstić information content (AvgIpc) is 2.82. The molecule has 3 heterocycles. The molecule has 4 rings (SSSR count). The minimum absolute atomic E-state index is 0.150. The van der Waals surface area contributed by atoms with Gasteiger partial charge in [-0.25, -0.2) is 4.79 Å². The lowest BCUT2D eigenvalue weighted by atomic mass is 9.85. The van der Waals surface area contributed by atoms with Crippen molar-refractivity contribution in [2.24, 2.45) is 5.92 Å². The second kappa shape index (κ2) is 11.2. The van der Waals surface area contributed by atoms with E-state index in [2.05, 4.69) is 10.6 Å². The van der Waals surface area contributed by atoms with Gasteiger partial charge in [0.15, 0.2) is 6.29 Å². The van der Waals surface area contributed by atoms with Crippen LogP contribution in [0, 0.1) is 5.92 Å². The monoisotopic (exact) mass is 474 g/mol. The number of rotatable bonds is 6. The van der Waals surface area contributed by atoms with Gasteiger partial charge < -0.3 is 50.1 Å². The van der Waals surface area contributed by atoms with Gasteiger partial charge in [0.2, 0.25) is 5.91 Å². The molecule has 1 amide bonds. The van der Waals surface area contributed by atoms with Gasteiger partial charge in [-0.05, 0) is 18.8 Å². The predicted octanol–water partition coefficient (Wildman–Crippen LogP) is -2.66. The van der Waals surface area contributed by atoms with Gasteiger partial charge in [-0.1, -0.05) is 20.3 Å². The van der Waals surface area contributed by atoms with E-state index in [1.807, 2.05) is 13.8 Å². The topological polar surface area (TPSA) is 184 Å². The average molecular weight is 475 g/mol. The third-order valence-electron chi connectivity index (χ3n) is 6.71. The fraction of sp³-hybridized carbons (Fsp3) is 0.857. The van der Waals surface area contributed by atoms with Gasteiger partial charge in [0, 0.05) is 12.5 Å². The van der Waals surface area contributed by atoms with E-state index < -0.39 is 72.9 Å². The van der Waals surface area contributed by atoms with Crippen LogP contribution >= 0.6 is 0 Å². The normalized spacial score (nSPS) is 43.2. The van der Waals surface area contributed by atoms with Crippen LogP contribution in [0.4, 0.5) is 0 Å². The lowest BCUT2D eigenvalue weighted by Gasteiger charge is -2.44. The Morgan fingerprint density at radius 3 is 2.55 bits per heavy atom. The first-order chi connectivity index (χ1) is 15.7. The van der Waals surface area contributed by atoms with E-state index in [1.54, 1.807) is 0 Å². The van der Waals surface area contributed by atoms with E-state index in [-0.39, 0.29) is 25.4 Å². The van der Waals surface area contributed by atoms with Crippen molar-refractivity contribution in [2.45, 2.75) is 101 Å². The van der Waals surface area contributed by atoms with Crippen molar-refractivity contribution in [3.8, 4) is 0 Å². The number of nitrogens with one attached hydrogen (secondary N) is 2. The van der Waals surface area contributed by atoms with Crippen molar-refractivity contribution >= 4 is 18.2 Å². The summed E-state index contributed by atoms with van der Waals surface area (Å²) in [6.07, 6.45) is -7.67. The van der Waals surface area contributed by atoms with Crippen molar-refractivity contribution in [3.63, 3.8) is 0 Å². The standard InChI is InChI=1S/C21H34N2O10/c1-3-9(2)14-19(29)23-11(6-7-24)20(30)32-13-5-4-10(22-14)15(26)18(13)33-21-17(28)16(27)12(25)8-31-21/h7,9-18,21-22,25-28H,3-6,8H2,1-2H3,(H,23,29)/t9?,10-,11?,12-,13+,14?,15-,16+,17+,18+,21+/m1/s1. The smallest absolute Gasteiger partial charge is 0.329 e. The molecule has 3 saturated heterocycles. The Morgan fingerprint density at radius 2 is 1.88 bits per heavy atom. The first-order valence-corrected chi connectivity index (χ1v) is 11.4. The first-order valence-electron chi connectivity index (χ1n) is 11.4. The van der Waals surface area contributed by atoms with Crippen LogP contribution in [0.15, 0.2) is 0 Å². The summed E-state index contributed by atoms with van der Waals surface area (Å²) in [6.45, 7) is 3.46. The molecule has 188 valence electrons. The summed E-state index contributed by atoms with van der Waals surface area (Å²) in [5.74, 6) is -1.47. The maximum atomic E-state index is 13.0. The van der Waals surface area contributed by atoms with Crippen molar-refractivity contribution in [1.29, 1.82) is 0 Å². The molecule has 0 radical (unpaired) electrons.